The number of para-hydroxylation sites is 1. The van der Waals surface area contributed by atoms with Crippen LogP contribution in [-0.2, 0) is 11.3 Å². The Morgan fingerprint density at radius 1 is 1.24 bits per heavy atom. The molecule has 2 aromatic rings. The van der Waals surface area contributed by atoms with Crippen molar-refractivity contribution in [3.05, 3.63) is 34.6 Å². The molecular formula is C19H27N3O2S. The van der Waals surface area contributed by atoms with Crippen LogP contribution in [0, 0.1) is 0 Å². The van der Waals surface area contributed by atoms with Gasteiger partial charge in [0.15, 0.2) is 5.16 Å². The highest BCUT2D eigenvalue weighted by Gasteiger charge is 2.18. The highest BCUT2D eigenvalue weighted by molar-refractivity contribution is 8.00. The predicted octanol–water partition coefficient (Wildman–Crippen LogP) is 3.59. The van der Waals surface area contributed by atoms with E-state index < -0.39 is 0 Å². The number of thioether (sulfide) groups is 1. The van der Waals surface area contributed by atoms with Crippen molar-refractivity contribution in [2.75, 3.05) is 6.54 Å². The van der Waals surface area contributed by atoms with Gasteiger partial charge in [-0.3, -0.25) is 14.2 Å². The Balaban J connectivity index is 2.34. The number of amides is 1. The van der Waals surface area contributed by atoms with Crippen LogP contribution in [0.2, 0.25) is 0 Å². The highest BCUT2D eigenvalue weighted by atomic mass is 32.2. The summed E-state index contributed by atoms with van der Waals surface area (Å²) in [4.78, 5) is 29.6. The van der Waals surface area contributed by atoms with Crippen LogP contribution < -0.4 is 10.9 Å². The van der Waals surface area contributed by atoms with Gasteiger partial charge in [-0.25, -0.2) is 4.98 Å². The van der Waals surface area contributed by atoms with E-state index in [1.54, 1.807) is 4.57 Å². The van der Waals surface area contributed by atoms with Gasteiger partial charge in [-0.2, -0.15) is 0 Å². The van der Waals surface area contributed by atoms with Crippen molar-refractivity contribution in [1.82, 2.24) is 14.9 Å². The molecular weight excluding hydrogens is 334 g/mol. The van der Waals surface area contributed by atoms with E-state index in [1.165, 1.54) is 11.8 Å². The molecule has 1 aromatic heterocycles. The molecule has 1 amide bonds. The number of unbranched alkanes of at least 4 members (excludes halogenated alkanes) is 3. The van der Waals surface area contributed by atoms with E-state index >= 15 is 0 Å². The fraction of sp³-hybridized carbons (Fsp3) is 0.526. The van der Waals surface area contributed by atoms with Crippen LogP contribution in [0.15, 0.2) is 34.2 Å². The number of carbonyl (C=O) groups is 1. The second-order valence-corrected chi connectivity index (χ2v) is 7.39. The number of fused-ring (bicyclic) bond motifs is 1. The zero-order chi connectivity index (χ0) is 18.2. The smallest absolute Gasteiger partial charge is 0.262 e. The summed E-state index contributed by atoms with van der Waals surface area (Å²) in [6, 6.07) is 7.40. The maximum Gasteiger partial charge on any atom is 0.262 e. The number of aromatic nitrogens is 2. The fourth-order valence-corrected chi connectivity index (χ4v) is 3.62. The highest BCUT2D eigenvalue weighted by Crippen LogP contribution is 2.23. The largest absolute Gasteiger partial charge is 0.355 e. The van der Waals surface area contributed by atoms with Crippen molar-refractivity contribution >= 4 is 28.6 Å². The summed E-state index contributed by atoms with van der Waals surface area (Å²) in [6.07, 6.45) is 4.34. The van der Waals surface area contributed by atoms with Gasteiger partial charge in [-0.15, -0.1) is 0 Å². The molecule has 1 N–H and O–H groups in total. The van der Waals surface area contributed by atoms with Gasteiger partial charge in [0.05, 0.1) is 16.2 Å². The summed E-state index contributed by atoms with van der Waals surface area (Å²) < 4.78 is 1.73. The maximum atomic E-state index is 12.9. The topological polar surface area (TPSA) is 64.0 Å². The summed E-state index contributed by atoms with van der Waals surface area (Å²) in [5.41, 5.74) is 0.663. The van der Waals surface area contributed by atoms with Crippen LogP contribution in [0.25, 0.3) is 10.9 Å². The third-order valence-electron chi connectivity index (χ3n) is 4.06. The first kappa shape index (κ1) is 19.5. The lowest BCUT2D eigenvalue weighted by atomic mass is 10.2. The number of carbonyl (C=O) groups excluding carboxylic acids is 1. The summed E-state index contributed by atoms with van der Waals surface area (Å²) in [5, 5.41) is 3.78. The monoisotopic (exact) mass is 361 g/mol. The Bertz CT molecular complexity index is 773. The first-order valence-electron chi connectivity index (χ1n) is 9.02. The quantitative estimate of drug-likeness (QED) is 0.421. The Hall–Kier alpha value is -1.82. The minimum Gasteiger partial charge on any atom is -0.355 e. The Kier molecular flexibility index (Phi) is 7.50. The van der Waals surface area contributed by atoms with Crippen molar-refractivity contribution in [2.45, 2.75) is 63.4 Å². The van der Waals surface area contributed by atoms with Crippen LogP contribution in [0.5, 0.6) is 0 Å². The van der Waals surface area contributed by atoms with E-state index in [-0.39, 0.29) is 16.7 Å². The van der Waals surface area contributed by atoms with E-state index in [9.17, 15) is 9.59 Å². The molecule has 0 radical (unpaired) electrons. The zero-order valence-electron chi connectivity index (χ0n) is 15.2. The first-order chi connectivity index (χ1) is 12.1. The molecule has 1 heterocycles. The molecule has 0 aliphatic rings. The van der Waals surface area contributed by atoms with Gasteiger partial charge >= 0.3 is 0 Å². The van der Waals surface area contributed by atoms with Crippen LogP contribution in [0.4, 0.5) is 0 Å². The number of nitrogens with one attached hydrogen (secondary N) is 1. The number of hydrogen-bond acceptors (Lipinski definition) is 4. The lowest BCUT2D eigenvalue weighted by Crippen LogP contribution is -2.31. The van der Waals surface area contributed by atoms with Gasteiger partial charge in [0.2, 0.25) is 5.91 Å². The van der Waals surface area contributed by atoms with Gasteiger partial charge in [-0.1, -0.05) is 50.1 Å². The van der Waals surface area contributed by atoms with Gasteiger partial charge in [-0.05, 0) is 32.4 Å². The molecule has 0 aliphatic carbocycles. The van der Waals surface area contributed by atoms with Gasteiger partial charge in [0.25, 0.3) is 5.56 Å². The van der Waals surface area contributed by atoms with Crippen LogP contribution in [0.1, 0.15) is 46.5 Å². The second-order valence-electron chi connectivity index (χ2n) is 6.08. The molecule has 0 spiro atoms. The summed E-state index contributed by atoms with van der Waals surface area (Å²) in [6.45, 7) is 7.14. The van der Waals surface area contributed by atoms with Crippen molar-refractivity contribution in [2.24, 2.45) is 0 Å². The van der Waals surface area contributed by atoms with E-state index in [0.29, 0.717) is 29.1 Å². The van der Waals surface area contributed by atoms with Crippen molar-refractivity contribution in [3.8, 4) is 0 Å². The molecule has 136 valence electrons. The Morgan fingerprint density at radius 2 is 2.00 bits per heavy atom. The molecule has 0 bridgehead atoms. The molecule has 0 unspecified atom stereocenters. The average Bonchev–Trinajstić information content (AvgIpc) is 2.61. The van der Waals surface area contributed by atoms with Gasteiger partial charge in [0.1, 0.15) is 0 Å². The lowest BCUT2D eigenvalue weighted by molar-refractivity contribution is -0.120. The maximum absolute atomic E-state index is 12.9. The summed E-state index contributed by atoms with van der Waals surface area (Å²) in [7, 11) is 0. The van der Waals surface area contributed by atoms with Gasteiger partial charge in [0, 0.05) is 13.1 Å². The molecule has 1 atom stereocenters. The van der Waals surface area contributed by atoms with Crippen LogP contribution in [-0.4, -0.2) is 27.3 Å². The molecule has 0 aliphatic heterocycles. The minimum atomic E-state index is -0.296. The number of hydrogen-bond donors (Lipinski definition) is 1. The van der Waals surface area contributed by atoms with Crippen molar-refractivity contribution < 1.29 is 4.79 Å². The van der Waals surface area contributed by atoms with E-state index in [4.69, 9.17) is 0 Å². The Labute approximate surface area is 153 Å². The summed E-state index contributed by atoms with van der Waals surface area (Å²) >= 11 is 1.35. The number of rotatable bonds is 9. The normalized spacial score (nSPS) is 12.3. The summed E-state index contributed by atoms with van der Waals surface area (Å²) in [5.74, 6) is -0.0348. The first-order valence-corrected chi connectivity index (χ1v) is 9.90. The van der Waals surface area contributed by atoms with Crippen molar-refractivity contribution in [3.63, 3.8) is 0 Å². The molecule has 2 rings (SSSR count). The molecule has 0 fully saturated rings. The molecule has 25 heavy (non-hydrogen) atoms. The van der Waals surface area contributed by atoms with E-state index in [0.717, 1.165) is 25.7 Å². The number of benzene rings is 1. The minimum absolute atomic E-state index is 0.0206. The average molecular weight is 362 g/mol. The second kappa shape index (κ2) is 9.61. The predicted molar refractivity (Wildman–Crippen MR) is 104 cm³/mol. The zero-order valence-corrected chi connectivity index (χ0v) is 16.1. The molecule has 0 saturated heterocycles. The molecule has 1 aromatic carbocycles. The van der Waals surface area contributed by atoms with Crippen molar-refractivity contribution in [1.29, 1.82) is 0 Å². The molecule has 0 saturated carbocycles. The molecule has 5 nitrogen and oxygen atoms in total. The Morgan fingerprint density at radius 3 is 2.72 bits per heavy atom. The fourth-order valence-electron chi connectivity index (χ4n) is 2.66. The standard InChI is InChI=1S/C19H27N3O2S/c1-4-6-7-10-13-22-18(24)15-11-8-9-12-16(15)21-19(22)25-14(3)17(23)20-5-2/h8-9,11-12,14H,4-7,10,13H2,1-3H3,(H,20,23)/t14-/m0/s1. The van der Waals surface area contributed by atoms with E-state index in [1.807, 2.05) is 38.1 Å². The van der Waals surface area contributed by atoms with E-state index in [2.05, 4.69) is 17.2 Å². The SMILES string of the molecule is CCCCCCn1c(S[C@@H](C)C(=O)NCC)nc2ccccc2c1=O. The molecule has 6 heteroatoms. The third-order valence-corrected chi connectivity index (χ3v) is 5.15. The van der Waals surface area contributed by atoms with Gasteiger partial charge < -0.3 is 5.32 Å². The lowest BCUT2D eigenvalue weighted by Gasteiger charge is -2.16. The number of nitrogens with zero attached hydrogens (tertiary/aromatic N) is 2. The third kappa shape index (κ3) is 5.08. The van der Waals surface area contributed by atoms with Crippen LogP contribution in [0.3, 0.4) is 0 Å². The van der Waals surface area contributed by atoms with Crippen LogP contribution >= 0.6 is 11.8 Å².